The Balaban J connectivity index is 1.42. The first-order chi connectivity index (χ1) is 8.31. The maximum absolute atomic E-state index is 5.39. The van der Waals surface area contributed by atoms with Gasteiger partial charge < -0.3 is 10.1 Å². The van der Waals surface area contributed by atoms with Gasteiger partial charge in [0.2, 0.25) is 0 Å². The summed E-state index contributed by atoms with van der Waals surface area (Å²) in [6, 6.07) is 1.46. The van der Waals surface area contributed by atoms with Crippen LogP contribution in [0.1, 0.15) is 32.6 Å². The van der Waals surface area contributed by atoms with Crippen molar-refractivity contribution >= 4 is 0 Å². The average molecular weight is 238 g/mol. The lowest BCUT2D eigenvalue weighted by Crippen LogP contribution is -2.48. The number of rotatable bonds is 4. The molecule has 3 fully saturated rings. The van der Waals surface area contributed by atoms with E-state index in [0.29, 0.717) is 6.04 Å². The first-order valence-corrected chi connectivity index (χ1v) is 7.37. The second-order valence-corrected chi connectivity index (χ2v) is 6.26. The first kappa shape index (κ1) is 11.9. The Hall–Kier alpha value is -0.120. The summed E-state index contributed by atoms with van der Waals surface area (Å²) in [5, 5.41) is 3.88. The molecular formula is C14H26N2O. The van der Waals surface area contributed by atoms with Gasteiger partial charge in [0, 0.05) is 31.7 Å². The molecule has 2 aliphatic carbocycles. The molecule has 4 unspecified atom stereocenters. The molecule has 0 amide bonds. The predicted molar refractivity (Wildman–Crippen MR) is 69.1 cm³/mol. The van der Waals surface area contributed by atoms with E-state index < -0.39 is 0 Å². The van der Waals surface area contributed by atoms with Gasteiger partial charge in [0.15, 0.2) is 0 Å². The van der Waals surface area contributed by atoms with Crippen molar-refractivity contribution in [2.45, 2.75) is 44.7 Å². The summed E-state index contributed by atoms with van der Waals surface area (Å²) in [6.07, 6.45) is 5.92. The van der Waals surface area contributed by atoms with Crippen molar-refractivity contribution in [1.82, 2.24) is 10.2 Å². The normalized spacial score (nSPS) is 39.7. The zero-order valence-corrected chi connectivity index (χ0v) is 11.0. The Labute approximate surface area is 105 Å². The van der Waals surface area contributed by atoms with Gasteiger partial charge in [-0.05, 0) is 38.0 Å². The molecule has 17 heavy (non-hydrogen) atoms. The van der Waals surface area contributed by atoms with Crippen LogP contribution in [-0.2, 0) is 4.74 Å². The summed E-state index contributed by atoms with van der Waals surface area (Å²) in [4.78, 5) is 2.54. The molecule has 1 aliphatic heterocycles. The third kappa shape index (κ3) is 2.83. The minimum absolute atomic E-state index is 0.637. The van der Waals surface area contributed by atoms with Gasteiger partial charge in [-0.1, -0.05) is 6.42 Å². The average Bonchev–Trinajstić information content (AvgIpc) is 2.92. The number of ether oxygens (including phenoxy) is 1. The lowest BCUT2D eigenvalue weighted by molar-refractivity contribution is 0.0334. The van der Waals surface area contributed by atoms with Crippen LogP contribution in [0.2, 0.25) is 0 Å². The Morgan fingerprint density at radius 2 is 2.06 bits per heavy atom. The third-order valence-corrected chi connectivity index (χ3v) is 4.87. The third-order valence-electron chi connectivity index (χ3n) is 4.87. The molecule has 0 aromatic heterocycles. The summed E-state index contributed by atoms with van der Waals surface area (Å²) in [6.45, 7) is 7.60. The lowest BCUT2D eigenvalue weighted by atomic mass is 9.95. The van der Waals surface area contributed by atoms with Crippen LogP contribution in [0.5, 0.6) is 0 Å². The van der Waals surface area contributed by atoms with Gasteiger partial charge in [-0.3, -0.25) is 4.90 Å². The highest BCUT2D eigenvalue weighted by Gasteiger charge is 2.39. The maximum atomic E-state index is 5.39. The molecule has 0 spiro atoms. The topological polar surface area (TPSA) is 24.5 Å². The fourth-order valence-electron chi connectivity index (χ4n) is 4.04. The van der Waals surface area contributed by atoms with E-state index in [2.05, 4.69) is 17.1 Å². The minimum atomic E-state index is 0.637. The van der Waals surface area contributed by atoms with Crippen molar-refractivity contribution in [3.8, 4) is 0 Å². The van der Waals surface area contributed by atoms with E-state index in [0.717, 1.165) is 44.2 Å². The Morgan fingerprint density at radius 3 is 2.71 bits per heavy atom. The highest BCUT2D eigenvalue weighted by atomic mass is 16.5. The number of fused-ring (bicyclic) bond motifs is 2. The predicted octanol–water partition coefficient (Wildman–Crippen LogP) is 1.49. The molecule has 2 bridgehead atoms. The smallest absolute Gasteiger partial charge is 0.0594 e. The van der Waals surface area contributed by atoms with Crippen LogP contribution in [-0.4, -0.2) is 49.8 Å². The standard InChI is InChI=1S/C14H26N2O/c1-11(10-16-4-6-17-7-5-16)15-14-9-12-2-3-13(14)8-12/h11-15H,2-10H2,1H3. The molecule has 1 saturated heterocycles. The van der Waals surface area contributed by atoms with Crippen LogP contribution >= 0.6 is 0 Å². The van der Waals surface area contributed by atoms with E-state index in [1.807, 2.05) is 0 Å². The second-order valence-electron chi connectivity index (χ2n) is 6.26. The summed E-state index contributed by atoms with van der Waals surface area (Å²) in [7, 11) is 0. The number of nitrogens with one attached hydrogen (secondary N) is 1. The summed E-state index contributed by atoms with van der Waals surface area (Å²) in [5.74, 6) is 2.04. The van der Waals surface area contributed by atoms with Gasteiger partial charge in [0.1, 0.15) is 0 Å². The van der Waals surface area contributed by atoms with Crippen molar-refractivity contribution in [2.75, 3.05) is 32.8 Å². The Kier molecular flexibility index (Phi) is 3.69. The highest BCUT2D eigenvalue weighted by Crippen LogP contribution is 2.44. The molecule has 3 aliphatic rings. The summed E-state index contributed by atoms with van der Waals surface area (Å²) in [5.41, 5.74) is 0. The van der Waals surface area contributed by atoms with Gasteiger partial charge in [0.25, 0.3) is 0 Å². The fraction of sp³-hybridized carbons (Fsp3) is 1.00. The van der Waals surface area contributed by atoms with Gasteiger partial charge in [-0.2, -0.15) is 0 Å². The largest absolute Gasteiger partial charge is 0.379 e. The molecule has 4 atom stereocenters. The van der Waals surface area contributed by atoms with Crippen molar-refractivity contribution in [3.63, 3.8) is 0 Å². The van der Waals surface area contributed by atoms with Crippen LogP contribution in [0.25, 0.3) is 0 Å². The quantitative estimate of drug-likeness (QED) is 0.803. The van der Waals surface area contributed by atoms with E-state index in [-0.39, 0.29) is 0 Å². The zero-order valence-electron chi connectivity index (χ0n) is 11.0. The second kappa shape index (κ2) is 5.25. The van der Waals surface area contributed by atoms with Crippen LogP contribution in [0, 0.1) is 11.8 Å². The molecule has 2 saturated carbocycles. The van der Waals surface area contributed by atoms with Crippen molar-refractivity contribution < 1.29 is 4.74 Å². The highest BCUT2D eigenvalue weighted by molar-refractivity contribution is 4.95. The number of nitrogens with zero attached hydrogens (tertiary/aromatic N) is 1. The fourth-order valence-corrected chi connectivity index (χ4v) is 4.04. The number of morpholine rings is 1. The molecular weight excluding hydrogens is 212 g/mol. The molecule has 0 radical (unpaired) electrons. The molecule has 3 nitrogen and oxygen atoms in total. The Bertz CT molecular complexity index is 253. The van der Waals surface area contributed by atoms with E-state index in [4.69, 9.17) is 4.74 Å². The van der Waals surface area contributed by atoms with E-state index in [1.165, 1.54) is 32.2 Å². The van der Waals surface area contributed by atoms with E-state index in [9.17, 15) is 0 Å². The molecule has 3 rings (SSSR count). The van der Waals surface area contributed by atoms with Gasteiger partial charge in [-0.15, -0.1) is 0 Å². The van der Waals surface area contributed by atoms with Gasteiger partial charge >= 0.3 is 0 Å². The van der Waals surface area contributed by atoms with Crippen molar-refractivity contribution in [1.29, 1.82) is 0 Å². The summed E-state index contributed by atoms with van der Waals surface area (Å²) >= 11 is 0. The van der Waals surface area contributed by atoms with E-state index >= 15 is 0 Å². The maximum Gasteiger partial charge on any atom is 0.0594 e. The zero-order chi connectivity index (χ0) is 11.7. The van der Waals surface area contributed by atoms with Crippen LogP contribution in [0.3, 0.4) is 0 Å². The molecule has 3 heteroatoms. The first-order valence-electron chi connectivity index (χ1n) is 7.37. The monoisotopic (exact) mass is 238 g/mol. The van der Waals surface area contributed by atoms with Crippen LogP contribution in [0.15, 0.2) is 0 Å². The number of hydrogen-bond acceptors (Lipinski definition) is 3. The minimum Gasteiger partial charge on any atom is -0.379 e. The summed E-state index contributed by atoms with van der Waals surface area (Å²) < 4.78 is 5.39. The van der Waals surface area contributed by atoms with Crippen LogP contribution < -0.4 is 5.32 Å². The lowest BCUT2D eigenvalue weighted by Gasteiger charge is -2.32. The van der Waals surface area contributed by atoms with Crippen molar-refractivity contribution in [3.05, 3.63) is 0 Å². The van der Waals surface area contributed by atoms with Crippen LogP contribution in [0.4, 0.5) is 0 Å². The molecule has 98 valence electrons. The molecule has 1 N–H and O–H groups in total. The van der Waals surface area contributed by atoms with E-state index in [1.54, 1.807) is 0 Å². The van der Waals surface area contributed by atoms with Gasteiger partial charge in [0.05, 0.1) is 13.2 Å². The Morgan fingerprint density at radius 1 is 1.24 bits per heavy atom. The number of hydrogen-bond donors (Lipinski definition) is 1. The van der Waals surface area contributed by atoms with Gasteiger partial charge in [-0.25, -0.2) is 0 Å². The molecule has 0 aromatic carbocycles. The van der Waals surface area contributed by atoms with Crippen molar-refractivity contribution in [2.24, 2.45) is 11.8 Å². The molecule has 1 heterocycles. The molecule has 0 aromatic rings. The SMILES string of the molecule is CC(CN1CCOCC1)NC1CC2CCC1C2.